The molecule has 1 aliphatic heterocycles. The number of hydrogen-bond acceptors (Lipinski definition) is 2. The van der Waals surface area contributed by atoms with Crippen molar-refractivity contribution in [1.82, 2.24) is 4.90 Å². The fourth-order valence-electron chi connectivity index (χ4n) is 2.26. The van der Waals surface area contributed by atoms with Gasteiger partial charge in [0.1, 0.15) is 11.9 Å². The second kappa shape index (κ2) is 6.02. The molecule has 1 aliphatic rings. The molecule has 1 fully saturated rings. The van der Waals surface area contributed by atoms with Crippen molar-refractivity contribution < 1.29 is 9.13 Å². The maximum atomic E-state index is 12.9. The first-order chi connectivity index (χ1) is 9.10. The third-order valence-corrected chi connectivity index (χ3v) is 3.15. The molecule has 2 unspecified atom stereocenters. The number of morpholine rings is 1. The van der Waals surface area contributed by atoms with E-state index in [1.807, 2.05) is 18.7 Å². The fraction of sp³-hybridized carbons (Fsp3) is 0.500. The van der Waals surface area contributed by atoms with E-state index >= 15 is 0 Å². The largest absolute Gasteiger partial charge is 0.370 e. The molecule has 1 aromatic carbocycles. The molecule has 0 aliphatic carbocycles. The van der Waals surface area contributed by atoms with Gasteiger partial charge in [0.2, 0.25) is 0 Å². The molecule has 1 saturated heterocycles. The summed E-state index contributed by atoms with van der Waals surface area (Å²) in [4.78, 5) is 6.25. The molecule has 1 aromatic rings. The van der Waals surface area contributed by atoms with Crippen LogP contribution in [-0.4, -0.2) is 36.6 Å². The van der Waals surface area contributed by atoms with Gasteiger partial charge in [-0.2, -0.15) is 0 Å². The molecule has 0 aromatic heterocycles. The lowest BCUT2D eigenvalue weighted by atomic mass is 10.1. The zero-order valence-electron chi connectivity index (χ0n) is 11.3. The second-order valence-electron chi connectivity index (χ2n) is 4.72. The molecule has 0 radical (unpaired) electrons. The predicted octanol–water partition coefficient (Wildman–Crippen LogP) is 1.92. The van der Waals surface area contributed by atoms with E-state index < -0.39 is 0 Å². The van der Waals surface area contributed by atoms with Crippen LogP contribution in [0.3, 0.4) is 0 Å². The maximum Gasteiger partial charge on any atom is 0.191 e. The molecule has 2 atom stereocenters. The average molecular weight is 265 g/mol. The summed E-state index contributed by atoms with van der Waals surface area (Å²) < 4.78 is 18.8. The highest BCUT2D eigenvalue weighted by Crippen LogP contribution is 2.25. The van der Waals surface area contributed by atoms with Crippen molar-refractivity contribution in [3.8, 4) is 0 Å². The summed E-state index contributed by atoms with van der Waals surface area (Å²) in [6.07, 6.45) is -0.0376. The van der Waals surface area contributed by atoms with Gasteiger partial charge in [0.15, 0.2) is 5.96 Å². The molecular weight excluding hydrogens is 245 g/mol. The molecule has 0 amide bonds. The molecule has 4 nitrogen and oxygen atoms in total. The Labute approximate surface area is 113 Å². The quantitative estimate of drug-likeness (QED) is 0.656. The normalized spacial score (nSPS) is 24.6. The van der Waals surface area contributed by atoms with Crippen LogP contribution in [0.2, 0.25) is 0 Å². The zero-order chi connectivity index (χ0) is 13.8. The van der Waals surface area contributed by atoms with Gasteiger partial charge in [-0.1, -0.05) is 12.1 Å². The minimum absolute atomic E-state index is 0.0643. The number of ether oxygens (including phenoxy) is 1. The van der Waals surface area contributed by atoms with Crippen molar-refractivity contribution in [3.05, 3.63) is 35.6 Å². The van der Waals surface area contributed by atoms with Gasteiger partial charge >= 0.3 is 0 Å². The summed E-state index contributed by atoms with van der Waals surface area (Å²) in [5.74, 6) is 0.307. The highest BCUT2D eigenvalue weighted by molar-refractivity contribution is 5.78. The summed E-state index contributed by atoms with van der Waals surface area (Å²) >= 11 is 0. The minimum Gasteiger partial charge on any atom is -0.370 e. The minimum atomic E-state index is -0.239. The Bertz CT molecular complexity index is 447. The molecule has 2 rings (SSSR count). The Morgan fingerprint density at radius 2 is 2.11 bits per heavy atom. The van der Waals surface area contributed by atoms with Crippen LogP contribution >= 0.6 is 0 Å². The van der Waals surface area contributed by atoms with E-state index in [2.05, 4.69) is 4.99 Å². The number of hydrogen-bond donors (Lipinski definition) is 1. The van der Waals surface area contributed by atoms with E-state index in [1.165, 1.54) is 12.1 Å². The summed E-state index contributed by atoms with van der Waals surface area (Å²) in [6.45, 7) is 5.99. The second-order valence-corrected chi connectivity index (χ2v) is 4.72. The first-order valence-corrected chi connectivity index (χ1v) is 6.56. The zero-order valence-corrected chi connectivity index (χ0v) is 11.3. The average Bonchev–Trinajstić information content (AvgIpc) is 2.39. The maximum absolute atomic E-state index is 12.9. The Balaban J connectivity index is 2.13. The van der Waals surface area contributed by atoms with E-state index in [0.717, 1.165) is 12.1 Å². The Kier molecular flexibility index (Phi) is 4.37. The standard InChI is InChI=1S/C14H20FN3O/c1-3-17-14(16)18-8-10(2)19-13(9-18)11-4-6-12(15)7-5-11/h4-7,10,13H,3,8-9H2,1-2H3,(H2,16,17). The predicted molar refractivity (Wildman–Crippen MR) is 73.4 cm³/mol. The van der Waals surface area contributed by atoms with E-state index in [1.54, 1.807) is 12.1 Å². The molecular formula is C14H20FN3O. The van der Waals surface area contributed by atoms with Crippen molar-refractivity contribution in [3.63, 3.8) is 0 Å². The molecule has 0 bridgehead atoms. The lowest BCUT2D eigenvalue weighted by molar-refractivity contribution is -0.0599. The molecule has 0 spiro atoms. The van der Waals surface area contributed by atoms with Crippen molar-refractivity contribution in [2.75, 3.05) is 19.6 Å². The van der Waals surface area contributed by atoms with E-state index in [4.69, 9.17) is 10.5 Å². The van der Waals surface area contributed by atoms with Gasteiger partial charge in [0.25, 0.3) is 0 Å². The van der Waals surface area contributed by atoms with Gasteiger partial charge in [0, 0.05) is 13.1 Å². The monoisotopic (exact) mass is 265 g/mol. The molecule has 5 heteroatoms. The van der Waals surface area contributed by atoms with Crippen LogP contribution in [0, 0.1) is 5.82 Å². The number of benzene rings is 1. The van der Waals surface area contributed by atoms with E-state index in [9.17, 15) is 4.39 Å². The van der Waals surface area contributed by atoms with Crippen LogP contribution in [0.15, 0.2) is 29.3 Å². The highest BCUT2D eigenvalue weighted by atomic mass is 19.1. The fourth-order valence-corrected chi connectivity index (χ4v) is 2.26. The lowest BCUT2D eigenvalue weighted by Crippen LogP contribution is -2.49. The third kappa shape index (κ3) is 3.44. The smallest absolute Gasteiger partial charge is 0.191 e. The number of nitrogens with two attached hydrogens (primary N) is 1. The molecule has 0 saturated carbocycles. The van der Waals surface area contributed by atoms with Gasteiger partial charge in [-0.05, 0) is 31.5 Å². The molecule has 1 heterocycles. The van der Waals surface area contributed by atoms with Gasteiger partial charge in [-0.3, -0.25) is 4.99 Å². The number of guanidine groups is 1. The van der Waals surface area contributed by atoms with Crippen molar-refractivity contribution in [2.45, 2.75) is 26.1 Å². The lowest BCUT2D eigenvalue weighted by Gasteiger charge is -2.37. The van der Waals surface area contributed by atoms with Gasteiger partial charge < -0.3 is 15.4 Å². The third-order valence-electron chi connectivity index (χ3n) is 3.15. The van der Waals surface area contributed by atoms with Crippen molar-refractivity contribution >= 4 is 5.96 Å². The van der Waals surface area contributed by atoms with Crippen LogP contribution in [0.5, 0.6) is 0 Å². The number of rotatable bonds is 2. The van der Waals surface area contributed by atoms with Gasteiger partial charge in [0.05, 0.1) is 12.6 Å². The van der Waals surface area contributed by atoms with E-state index in [0.29, 0.717) is 19.0 Å². The Morgan fingerprint density at radius 3 is 2.74 bits per heavy atom. The first-order valence-electron chi connectivity index (χ1n) is 6.56. The molecule has 2 N–H and O–H groups in total. The number of nitrogens with zero attached hydrogens (tertiary/aromatic N) is 2. The van der Waals surface area contributed by atoms with Crippen molar-refractivity contribution in [2.24, 2.45) is 10.7 Å². The highest BCUT2D eigenvalue weighted by Gasteiger charge is 2.27. The van der Waals surface area contributed by atoms with Crippen LogP contribution in [-0.2, 0) is 4.74 Å². The van der Waals surface area contributed by atoms with Crippen molar-refractivity contribution in [1.29, 1.82) is 0 Å². The van der Waals surface area contributed by atoms with E-state index in [-0.39, 0.29) is 18.0 Å². The topological polar surface area (TPSA) is 50.8 Å². The van der Waals surface area contributed by atoms with Gasteiger partial charge in [-0.25, -0.2) is 4.39 Å². The van der Waals surface area contributed by atoms with Gasteiger partial charge in [-0.15, -0.1) is 0 Å². The Morgan fingerprint density at radius 1 is 1.42 bits per heavy atom. The van der Waals surface area contributed by atoms with Crippen LogP contribution in [0.1, 0.15) is 25.5 Å². The number of halogens is 1. The van der Waals surface area contributed by atoms with Crippen LogP contribution in [0.4, 0.5) is 4.39 Å². The summed E-state index contributed by atoms with van der Waals surface area (Å²) in [5, 5.41) is 0. The molecule has 19 heavy (non-hydrogen) atoms. The van der Waals surface area contributed by atoms with Crippen LogP contribution < -0.4 is 5.73 Å². The summed E-state index contributed by atoms with van der Waals surface area (Å²) in [5.41, 5.74) is 6.91. The Hall–Kier alpha value is -1.62. The summed E-state index contributed by atoms with van der Waals surface area (Å²) in [6, 6.07) is 6.41. The first kappa shape index (κ1) is 13.8. The number of aliphatic imine (C=N–C) groups is 1. The molecule has 104 valence electrons. The summed E-state index contributed by atoms with van der Waals surface area (Å²) in [7, 11) is 0. The van der Waals surface area contributed by atoms with Crippen LogP contribution in [0.25, 0.3) is 0 Å². The SMILES string of the molecule is CCN=C(N)N1CC(C)OC(c2ccc(F)cc2)C1.